The van der Waals surface area contributed by atoms with Crippen molar-refractivity contribution < 1.29 is 37.8 Å². The molecule has 1 aromatic heterocycles. The van der Waals surface area contributed by atoms with Gasteiger partial charge in [-0.25, -0.2) is 14.0 Å². The summed E-state index contributed by atoms with van der Waals surface area (Å²) in [5.41, 5.74) is 0.274. The monoisotopic (exact) mass is 634 g/mol. The van der Waals surface area contributed by atoms with Crippen molar-refractivity contribution in [3.05, 3.63) is 51.7 Å². The predicted molar refractivity (Wildman–Crippen MR) is 166 cm³/mol. The maximum absolute atomic E-state index is 13.4. The van der Waals surface area contributed by atoms with Crippen LogP contribution in [0, 0.1) is 18.7 Å². The highest BCUT2D eigenvalue weighted by Crippen LogP contribution is 2.35. The van der Waals surface area contributed by atoms with Crippen molar-refractivity contribution in [2.24, 2.45) is 5.92 Å². The van der Waals surface area contributed by atoms with Gasteiger partial charge in [0.15, 0.2) is 0 Å². The van der Waals surface area contributed by atoms with Crippen LogP contribution in [0.5, 0.6) is 0 Å². The van der Waals surface area contributed by atoms with Gasteiger partial charge in [-0.05, 0) is 69.7 Å². The lowest BCUT2D eigenvalue weighted by molar-refractivity contribution is -0.123. The zero-order chi connectivity index (χ0) is 33.2. The first-order chi connectivity index (χ1) is 20.6. The molecular formula is C31H43FN4O7S. The van der Waals surface area contributed by atoms with Crippen LogP contribution in [0.15, 0.2) is 24.3 Å². The number of alkyl carbamates (subject to hydrolysis) is 1. The van der Waals surface area contributed by atoms with Crippen molar-refractivity contribution in [1.82, 2.24) is 16.0 Å². The molecule has 1 heterocycles. The second kappa shape index (κ2) is 16.2. The molecule has 2 atom stereocenters. The summed E-state index contributed by atoms with van der Waals surface area (Å²) in [6.45, 7) is 12.5. The van der Waals surface area contributed by atoms with Crippen molar-refractivity contribution in [3.8, 4) is 0 Å². The van der Waals surface area contributed by atoms with Gasteiger partial charge in [0.05, 0.1) is 23.5 Å². The van der Waals surface area contributed by atoms with Gasteiger partial charge in [-0.2, -0.15) is 0 Å². The minimum Gasteiger partial charge on any atom is -0.465 e. The summed E-state index contributed by atoms with van der Waals surface area (Å²) in [5, 5.41) is 10.9. The molecule has 0 saturated heterocycles. The molecule has 4 amide bonds. The molecule has 13 heteroatoms. The Kier molecular flexibility index (Phi) is 13.3. The normalized spacial score (nSPS) is 12.6. The van der Waals surface area contributed by atoms with Gasteiger partial charge in [0.1, 0.15) is 22.5 Å². The molecule has 0 aliphatic heterocycles. The van der Waals surface area contributed by atoms with Crippen LogP contribution in [-0.2, 0) is 19.1 Å². The molecule has 0 radical (unpaired) electrons. The summed E-state index contributed by atoms with van der Waals surface area (Å²) < 4.78 is 23.6. The number of carbonyl (C=O) groups is 5. The molecule has 44 heavy (non-hydrogen) atoms. The Morgan fingerprint density at radius 3 is 2.14 bits per heavy atom. The Labute approximate surface area is 261 Å². The molecular weight excluding hydrogens is 591 g/mol. The number of benzene rings is 1. The van der Waals surface area contributed by atoms with Crippen LogP contribution in [0.25, 0.3) is 0 Å². The van der Waals surface area contributed by atoms with E-state index in [1.807, 2.05) is 20.8 Å². The number of hydrogen-bond acceptors (Lipinski definition) is 8. The number of carbonyl (C=O) groups excluding carboxylic acids is 5. The number of rotatable bonds is 13. The first kappa shape index (κ1) is 36.2. The fraction of sp³-hybridized carbons (Fsp3) is 0.516. The van der Waals surface area contributed by atoms with Gasteiger partial charge in [-0.3, -0.25) is 14.4 Å². The Balaban J connectivity index is 2.10. The Hall–Kier alpha value is -4.00. The van der Waals surface area contributed by atoms with Gasteiger partial charge in [0.25, 0.3) is 5.91 Å². The SMILES string of the molecule is CCC(C(=O)Nc1sc(C(=O)NCCNC(=O)[C@H](CC(C)C)NC(=O)OC(C)(C)C)c(C)c1C(=O)OC)c1ccc(F)cc1. The highest BCUT2D eigenvalue weighted by molar-refractivity contribution is 7.18. The van der Waals surface area contributed by atoms with Gasteiger partial charge in [-0.15, -0.1) is 11.3 Å². The fourth-order valence-corrected chi connectivity index (χ4v) is 5.46. The van der Waals surface area contributed by atoms with E-state index in [1.165, 1.54) is 31.4 Å². The summed E-state index contributed by atoms with van der Waals surface area (Å²) in [6, 6.07) is 4.78. The summed E-state index contributed by atoms with van der Waals surface area (Å²) in [7, 11) is 1.20. The number of thiophene rings is 1. The zero-order valence-electron chi connectivity index (χ0n) is 26.5. The molecule has 0 bridgehead atoms. The van der Waals surface area contributed by atoms with Crippen LogP contribution in [-0.4, -0.2) is 61.6 Å². The van der Waals surface area contributed by atoms with Crippen LogP contribution >= 0.6 is 11.3 Å². The molecule has 4 N–H and O–H groups in total. The lowest BCUT2D eigenvalue weighted by Crippen LogP contribution is -2.49. The van der Waals surface area contributed by atoms with E-state index >= 15 is 0 Å². The molecule has 11 nitrogen and oxygen atoms in total. The van der Waals surface area contributed by atoms with Crippen molar-refractivity contribution in [3.63, 3.8) is 0 Å². The summed E-state index contributed by atoms with van der Waals surface area (Å²) in [4.78, 5) is 64.1. The molecule has 1 unspecified atom stereocenters. The van der Waals surface area contributed by atoms with Crippen molar-refractivity contribution in [1.29, 1.82) is 0 Å². The average molecular weight is 635 g/mol. The minimum atomic E-state index is -0.823. The van der Waals surface area contributed by atoms with E-state index in [1.54, 1.807) is 27.7 Å². The largest absolute Gasteiger partial charge is 0.465 e. The number of nitrogens with one attached hydrogen (secondary N) is 4. The molecule has 2 aromatic rings. The maximum atomic E-state index is 13.4. The fourth-order valence-electron chi connectivity index (χ4n) is 4.35. The summed E-state index contributed by atoms with van der Waals surface area (Å²) >= 11 is 0.926. The maximum Gasteiger partial charge on any atom is 0.408 e. The summed E-state index contributed by atoms with van der Waals surface area (Å²) in [6.07, 6.45) is 0.100. The smallest absolute Gasteiger partial charge is 0.408 e. The number of halogens is 1. The van der Waals surface area contributed by atoms with Crippen LogP contribution < -0.4 is 21.3 Å². The number of amides is 4. The van der Waals surface area contributed by atoms with E-state index in [9.17, 15) is 28.4 Å². The molecule has 2 rings (SSSR count). The molecule has 0 aliphatic carbocycles. The Bertz CT molecular complexity index is 1340. The highest BCUT2D eigenvalue weighted by atomic mass is 32.1. The van der Waals surface area contributed by atoms with Crippen molar-refractivity contribution in [2.75, 3.05) is 25.5 Å². The molecule has 0 saturated carbocycles. The third-order valence-electron chi connectivity index (χ3n) is 6.40. The zero-order valence-corrected chi connectivity index (χ0v) is 27.3. The van der Waals surface area contributed by atoms with Crippen molar-refractivity contribution >= 4 is 46.1 Å². The van der Waals surface area contributed by atoms with Crippen LogP contribution in [0.4, 0.5) is 14.2 Å². The van der Waals surface area contributed by atoms with E-state index < -0.39 is 53.2 Å². The standard InChI is InChI=1S/C31H43FN4O7S/c1-9-21(19-10-12-20(32)13-11-19)25(37)36-28-23(29(40)42-8)18(4)24(44-28)27(39)34-15-14-33-26(38)22(16-17(2)3)35-30(41)43-31(5,6)7/h10-13,17,21-22H,9,14-16H2,1-8H3,(H,33,38)(H,34,39)(H,35,41)(H,36,37)/t21?,22-/m0/s1. The topological polar surface area (TPSA) is 152 Å². The van der Waals surface area contributed by atoms with E-state index in [0.717, 1.165) is 11.3 Å². The van der Waals surface area contributed by atoms with Crippen LogP contribution in [0.3, 0.4) is 0 Å². The first-order valence-electron chi connectivity index (χ1n) is 14.4. The number of esters is 1. The molecule has 0 fully saturated rings. The van der Waals surface area contributed by atoms with Crippen LogP contribution in [0.1, 0.15) is 91.5 Å². The molecule has 1 aromatic carbocycles. The number of anilines is 1. The number of methoxy groups -OCH3 is 1. The van der Waals surface area contributed by atoms with Crippen molar-refractivity contribution in [2.45, 2.75) is 78.9 Å². The van der Waals surface area contributed by atoms with Crippen LogP contribution in [0.2, 0.25) is 0 Å². The third-order valence-corrected chi connectivity index (χ3v) is 7.61. The average Bonchev–Trinajstić information content (AvgIpc) is 3.25. The Morgan fingerprint density at radius 1 is 0.977 bits per heavy atom. The van der Waals surface area contributed by atoms with Gasteiger partial charge in [0.2, 0.25) is 11.8 Å². The molecule has 242 valence electrons. The van der Waals surface area contributed by atoms with Gasteiger partial charge in [0, 0.05) is 13.1 Å². The van der Waals surface area contributed by atoms with Gasteiger partial charge >= 0.3 is 12.1 Å². The lowest BCUT2D eigenvalue weighted by atomic mass is 9.95. The first-order valence-corrected chi connectivity index (χ1v) is 15.2. The quantitative estimate of drug-likeness (QED) is 0.181. The minimum absolute atomic E-state index is 0.0560. The van der Waals surface area contributed by atoms with E-state index in [4.69, 9.17) is 9.47 Å². The van der Waals surface area contributed by atoms with Gasteiger partial charge < -0.3 is 30.7 Å². The third kappa shape index (κ3) is 10.6. The highest BCUT2D eigenvalue weighted by Gasteiger charge is 2.29. The Morgan fingerprint density at radius 2 is 1.59 bits per heavy atom. The molecule has 0 aliphatic rings. The summed E-state index contributed by atoms with van der Waals surface area (Å²) in [5.74, 6) is -2.99. The molecule has 0 spiro atoms. The van der Waals surface area contributed by atoms with E-state index in [2.05, 4.69) is 21.3 Å². The number of hydrogen-bond donors (Lipinski definition) is 4. The lowest BCUT2D eigenvalue weighted by Gasteiger charge is -2.24. The van der Waals surface area contributed by atoms with E-state index in [-0.39, 0.29) is 34.4 Å². The number of ether oxygens (including phenoxy) is 2. The van der Waals surface area contributed by atoms with Gasteiger partial charge in [-0.1, -0.05) is 32.9 Å². The predicted octanol–water partition coefficient (Wildman–Crippen LogP) is 4.90. The van der Waals surface area contributed by atoms with E-state index in [0.29, 0.717) is 24.0 Å². The second-order valence-corrected chi connectivity index (χ2v) is 12.6. The second-order valence-electron chi connectivity index (χ2n) is 11.6.